The Hall–Kier alpha value is -2.16. The quantitative estimate of drug-likeness (QED) is 0.346. The van der Waals surface area contributed by atoms with E-state index in [0.717, 1.165) is 5.56 Å². The van der Waals surface area contributed by atoms with Crippen LogP contribution < -0.4 is 16.0 Å². The Kier molecular flexibility index (Phi) is 9.64. The molecule has 0 bridgehead atoms. The van der Waals surface area contributed by atoms with E-state index in [1.807, 2.05) is 19.1 Å². The number of halogens is 2. The summed E-state index contributed by atoms with van der Waals surface area (Å²) < 4.78 is 13.6. The van der Waals surface area contributed by atoms with Crippen molar-refractivity contribution in [2.24, 2.45) is 4.99 Å². The number of carbonyl (C=O) groups is 1. The summed E-state index contributed by atoms with van der Waals surface area (Å²) in [5.41, 5.74) is 2.23. The van der Waals surface area contributed by atoms with Crippen molar-refractivity contribution in [3.8, 4) is 0 Å². The van der Waals surface area contributed by atoms with Gasteiger partial charge in [0, 0.05) is 37.8 Å². The molecule has 0 radical (unpaired) electrons. The summed E-state index contributed by atoms with van der Waals surface area (Å²) in [6, 6.07) is 14.0. The second-order valence-electron chi connectivity index (χ2n) is 5.43. The molecule has 0 aromatic heterocycles. The van der Waals surface area contributed by atoms with E-state index in [1.165, 1.54) is 6.07 Å². The van der Waals surface area contributed by atoms with Gasteiger partial charge in [-0.3, -0.25) is 9.79 Å². The number of nitrogens with one attached hydrogen (secondary N) is 3. The lowest BCUT2D eigenvalue weighted by atomic mass is 10.1. The molecule has 0 spiro atoms. The van der Waals surface area contributed by atoms with E-state index >= 15 is 0 Å². The predicted molar refractivity (Wildman–Crippen MR) is 113 cm³/mol. The lowest BCUT2D eigenvalue weighted by Crippen LogP contribution is -2.36. The molecule has 26 heavy (non-hydrogen) atoms. The highest BCUT2D eigenvalue weighted by Crippen LogP contribution is 2.06. The molecule has 0 aliphatic heterocycles. The average molecular weight is 470 g/mol. The number of aliphatic imine (C=N–C) groups is 1. The zero-order chi connectivity index (χ0) is 18.1. The Morgan fingerprint density at radius 3 is 2.27 bits per heavy atom. The first-order chi connectivity index (χ1) is 12.1. The molecule has 2 rings (SSSR count). The van der Waals surface area contributed by atoms with E-state index < -0.39 is 0 Å². The third kappa shape index (κ3) is 6.62. The molecule has 140 valence electrons. The minimum absolute atomic E-state index is 0. The van der Waals surface area contributed by atoms with E-state index in [0.29, 0.717) is 36.7 Å². The average Bonchev–Trinajstić information content (AvgIpc) is 2.64. The van der Waals surface area contributed by atoms with Crippen LogP contribution >= 0.6 is 24.0 Å². The Morgan fingerprint density at radius 1 is 1.00 bits per heavy atom. The number of hydrogen-bond donors (Lipinski definition) is 3. The monoisotopic (exact) mass is 470 g/mol. The maximum atomic E-state index is 13.6. The maximum absolute atomic E-state index is 13.6. The number of amides is 1. The van der Waals surface area contributed by atoms with Crippen LogP contribution in [0, 0.1) is 5.82 Å². The van der Waals surface area contributed by atoms with Crippen LogP contribution in [0.15, 0.2) is 53.5 Å². The SMILES string of the molecule is CCNC(=O)c1ccc(CNC(=NC)NCc2ccccc2F)cc1.I. The molecule has 0 aliphatic rings. The van der Waals surface area contributed by atoms with Crippen LogP contribution in [0.5, 0.6) is 0 Å². The largest absolute Gasteiger partial charge is 0.352 e. The summed E-state index contributed by atoms with van der Waals surface area (Å²) in [7, 11) is 1.66. The van der Waals surface area contributed by atoms with Crippen molar-refractivity contribution < 1.29 is 9.18 Å². The zero-order valence-electron chi connectivity index (χ0n) is 14.9. The molecule has 0 atom stereocenters. The van der Waals surface area contributed by atoms with Crippen LogP contribution in [0.2, 0.25) is 0 Å². The third-order valence-electron chi connectivity index (χ3n) is 3.64. The van der Waals surface area contributed by atoms with Gasteiger partial charge in [-0.2, -0.15) is 0 Å². The van der Waals surface area contributed by atoms with Gasteiger partial charge in [0.1, 0.15) is 5.82 Å². The molecule has 0 unspecified atom stereocenters. The number of hydrogen-bond acceptors (Lipinski definition) is 2. The Labute approximate surface area is 170 Å². The van der Waals surface area contributed by atoms with Crippen LogP contribution in [0.1, 0.15) is 28.4 Å². The van der Waals surface area contributed by atoms with Gasteiger partial charge in [-0.05, 0) is 30.7 Å². The fourth-order valence-electron chi connectivity index (χ4n) is 2.26. The highest BCUT2D eigenvalue weighted by Gasteiger charge is 2.05. The van der Waals surface area contributed by atoms with Crippen molar-refractivity contribution in [1.29, 1.82) is 0 Å². The molecule has 0 saturated heterocycles. The number of guanidine groups is 1. The summed E-state index contributed by atoms with van der Waals surface area (Å²) >= 11 is 0. The first kappa shape index (κ1) is 21.9. The molecule has 0 fully saturated rings. The van der Waals surface area contributed by atoms with Gasteiger partial charge in [0.15, 0.2) is 5.96 Å². The second-order valence-corrected chi connectivity index (χ2v) is 5.43. The maximum Gasteiger partial charge on any atom is 0.251 e. The van der Waals surface area contributed by atoms with Gasteiger partial charge in [-0.25, -0.2) is 4.39 Å². The van der Waals surface area contributed by atoms with E-state index in [4.69, 9.17) is 0 Å². The highest BCUT2D eigenvalue weighted by atomic mass is 127. The highest BCUT2D eigenvalue weighted by molar-refractivity contribution is 14.0. The fourth-order valence-corrected chi connectivity index (χ4v) is 2.26. The molecule has 1 amide bonds. The molecule has 0 heterocycles. The van der Waals surface area contributed by atoms with Crippen LogP contribution in [-0.4, -0.2) is 25.5 Å². The van der Waals surface area contributed by atoms with Gasteiger partial charge < -0.3 is 16.0 Å². The van der Waals surface area contributed by atoms with Crippen LogP contribution in [0.4, 0.5) is 4.39 Å². The summed E-state index contributed by atoms with van der Waals surface area (Å²) in [6.07, 6.45) is 0. The first-order valence-corrected chi connectivity index (χ1v) is 8.19. The molecule has 0 aliphatic carbocycles. The van der Waals surface area contributed by atoms with Crippen molar-refractivity contribution in [2.75, 3.05) is 13.6 Å². The molecule has 5 nitrogen and oxygen atoms in total. The molecular formula is C19H24FIN4O. The molecule has 2 aromatic rings. The zero-order valence-corrected chi connectivity index (χ0v) is 17.2. The summed E-state index contributed by atoms with van der Waals surface area (Å²) in [5.74, 6) is 0.256. The Balaban J connectivity index is 0.00000338. The van der Waals surface area contributed by atoms with E-state index in [1.54, 1.807) is 37.4 Å². The predicted octanol–water partition coefficient (Wildman–Crippen LogP) is 3.06. The smallest absolute Gasteiger partial charge is 0.251 e. The molecule has 0 saturated carbocycles. The van der Waals surface area contributed by atoms with Crippen LogP contribution in [0.3, 0.4) is 0 Å². The minimum atomic E-state index is -0.244. The van der Waals surface area contributed by atoms with Crippen molar-refractivity contribution in [3.05, 3.63) is 71.0 Å². The number of carbonyl (C=O) groups excluding carboxylic acids is 1. The van der Waals surface area contributed by atoms with Gasteiger partial charge in [-0.1, -0.05) is 30.3 Å². The van der Waals surface area contributed by atoms with Crippen molar-refractivity contribution in [2.45, 2.75) is 20.0 Å². The molecule has 2 aromatic carbocycles. The lowest BCUT2D eigenvalue weighted by molar-refractivity contribution is 0.0956. The Morgan fingerprint density at radius 2 is 1.65 bits per heavy atom. The summed E-state index contributed by atoms with van der Waals surface area (Å²) in [5, 5.41) is 9.01. The first-order valence-electron chi connectivity index (χ1n) is 8.19. The summed E-state index contributed by atoms with van der Waals surface area (Å²) in [6.45, 7) is 3.39. The van der Waals surface area contributed by atoms with Gasteiger partial charge in [0.2, 0.25) is 0 Å². The molecule has 3 N–H and O–H groups in total. The molecule has 7 heteroatoms. The van der Waals surface area contributed by atoms with Gasteiger partial charge in [0.25, 0.3) is 5.91 Å². The van der Waals surface area contributed by atoms with Crippen LogP contribution in [-0.2, 0) is 13.1 Å². The van der Waals surface area contributed by atoms with Crippen LogP contribution in [0.25, 0.3) is 0 Å². The normalized spacial score (nSPS) is 10.7. The standard InChI is InChI=1S/C19H23FN4O.HI/c1-3-22-18(25)15-10-8-14(9-11-15)12-23-19(21-2)24-13-16-6-4-5-7-17(16)20;/h4-11H,3,12-13H2,1-2H3,(H,22,25)(H2,21,23,24);1H. The second kappa shape index (κ2) is 11.5. The minimum Gasteiger partial charge on any atom is -0.352 e. The number of nitrogens with zero attached hydrogens (tertiary/aromatic N) is 1. The fraction of sp³-hybridized carbons (Fsp3) is 0.263. The topological polar surface area (TPSA) is 65.5 Å². The number of rotatable bonds is 6. The Bertz CT molecular complexity index is 735. The van der Waals surface area contributed by atoms with Gasteiger partial charge in [-0.15, -0.1) is 24.0 Å². The molecular weight excluding hydrogens is 446 g/mol. The number of benzene rings is 2. The van der Waals surface area contributed by atoms with E-state index in [-0.39, 0.29) is 35.7 Å². The summed E-state index contributed by atoms with van der Waals surface area (Å²) in [4.78, 5) is 15.9. The lowest BCUT2D eigenvalue weighted by Gasteiger charge is -2.12. The van der Waals surface area contributed by atoms with Crippen molar-refractivity contribution >= 4 is 35.8 Å². The van der Waals surface area contributed by atoms with Gasteiger partial charge >= 0.3 is 0 Å². The van der Waals surface area contributed by atoms with Crippen molar-refractivity contribution in [1.82, 2.24) is 16.0 Å². The van der Waals surface area contributed by atoms with E-state index in [9.17, 15) is 9.18 Å². The van der Waals surface area contributed by atoms with Crippen molar-refractivity contribution in [3.63, 3.8) is 0 Å². The van der Waals surface area contributed by atoms with Gasteiger partial charge in [0.05, 0.1) is 0 Å². The third-order valence-corrected chi connectivity index (χ3v) is 3.64. The van der Waals surface area contributed by atoms with E-state index in [2.05, 4.69) is 20.9 Å².